The average molecular weight is 352 g/mol. The second-order valence-electron chi connectivity index (χ2n) is 5.93. The van der Waals surface area contributed by atoms with Crippen molar-refractivity contribution < 1.29 is 22.9 Å². The van der Waals surface area contributed by atoms with E-state index in [0.717, 1.165) is 11.8 Å². The van der Waals surface area contributed by atoms with Crippen molar-refractivity contribution in [3.05, 3.63) is 47.7 Å². The Kier molecular flexibility index (Phi) is 4.82. The van der Waals surface area contributed by atoms with Gasteiger partial charge in [0.25, 0.3) is 5.91 Å². The van der Waals surface area contributed by atoms with Crippen LogP contribution in [0.2, 0.25) is 0 Å². The van der Waals surface area contributed by atoms with E-state index in [1.807, 2.05) is 19.1 Å². The number of hydrogen-bond donors (Lipinski definition) is 1. The highest BCUT2D eigenvalue weighted by Crippen LogP contribution is 2.37. The average Bonchev–Trinajstić information content (AvgIpc) is 3.05. The number of carbonyl (C=O) groups is 1. The molecule has 1 aromatic carbocycles. The Morgan fingerprint density at radius 3 is 2.46 bits per heavy atom. The minimum absolute atomic E-state index is 0.174. The van der Waals surface area contributed by atoms with Crippen LogP contribution in [0.25, 0.3) is 0 Å². The van der Waals surface area contributed by atoms with E-state index in [0.29, 0.717) is 5.56 Å². The van der Waals surface area contributed by atoms with Gasteiger partial charge in [0, 0.05) is 18.2 Å². The first kappa shape index (κ1) is 18.2. The highest BCUT2D eigenvalue weighted by Gasteiger charge is 2.51. The fourth-order valence-corrected chi connectivity index (χ4v) is 3.84. The van der Waals surface area contributed by atoms with Crippen LogP contribution in [0, 0.1) is 6.92 Å². The Bertz CT molecular complexity index is 832. The number of aryl methyl sites for hydroxylation is 1. The van der Waals surface area contributed by atoms with E-state index in [1.165, 1.54) is 19.3 Å². The molecule has 0 bridgehead atoms. The molecule has 1 amide bonds. The first-order valence-corrected chi connectivity index (χ1v) is 9.18. The molecule has 0 aliphatic heterocycles. The maximum absolute atomic E-state index is 12.9. The predicted octanol–water partition coefficient (Wildman–Crippen LogP) is 2.31. The molecule has 0 radical (unpaired) electrons. The van der Waals surface area contributed by atoms with Crippen molar-refractivity contribution in [1.29, 1.82) is 0 Å². The van der Waals surface area contributed by atoms with Crippen LogP contribution in [0.1, 0.15) is 30.9 Å². The van der Waals surface area contributed by atoms with Crippen molar-refractivity contribution in [3.8, 4) is 0 Å². The Morgan fingerprint density at radius 2 is 1.96 bits per heavy atom. The number of aromatic nitrogens is 1. The number of amides is 1. The molecule has 24 heavy (non-hydrogen) atoms. The van der Waals surface area contributed by atoms with Gasteiger partial charge in [0.15, 0.2) is 14.6 Å². The largest absolute Gasteiger partial charge is 0.363 e. The molecule has 2 rings (SSSR count). The quantitative estimate of drug-likeness (QED) is 0.654. The zero-order chi connectivity index (χ0) is 18.1. The van der Waals surface area contributed by atoms with Crippen LogP contribution >= 0.6 is 0 Å². The van der Waals surface area contributed by atoms with E-state index in [1.54, 1.807) is 19.1 Å². The molecular weight excluding hydrogens is 332 g/mol. The molecule has 2 atom stereocenters. The SMILES string of the molecule is Cc1ccccc1C(C)C(C)(C(=O)N(O)c1ccon1)S(C)(=O)=O. The second-order valence-corrected chi connectivity index (χ2v) is 8.32. The van der Waals surface area contributed by atoms with E-state index < -0.39 is 26.4 Å². The summed E-state index contributed by atoms with van der Waals surface area (Å²) in [5, 5.41) is 13.8. The van der Waals surface area contributed by atoms with Gasteiger partial charge in [0.1, 0.15) is 6.26 Å². The molecule has 1 N–H and O–H groups in total. The molecule has 2 aromatic rings. The summed E-state index contributed by atoms with van der Waals surface area (Å²) in [6.45, 7) is 4.80. The van der Waals surface area contributed by atoms with Crippen molar-refractivity contribution in [2.75, 3.05) is 11.3 Å². The summed E-state index contributed by atoms with van der Waals surface area (Å²) in [6, 6.07) is 8.49. The lowest BCUT2D eigenvalue weighted by Crippen LogP contribution is -2.54. The molecule has 0 fully saturated rings. The number of benzene rings is 1. The maximum Gasteiger partial charge on any atom is 0.274 e. The number of nitrogens with zero attached hydrogens (tertiary/aromatic N) is 2. The van der Waals surface area contributed by atoms with Gasteiger partial charge in [0.2, 0.25) is 5.82 Å². The van der Waals surface area contributed by atoms with Crippen molar-refractivity contribution >= 4 is 21.6 Å². The molecule has 0 saturated heterocycles. The summed E-state index contributed by atoms with van der Waals surface area (Å²) in [7, 11) is -3.87. The van der Waals surface area contributed by atoms with Crippen LogP contribution < -0.4 is 5.06 Å². The zero-order valence-electron chi connectivity index (χ0n) is 13.9. The minimum Gasteiger partial charge on any atom is -0.363 e. The molecule has 7 nitrogen and oxygen atoms in total. The van der Waals surface area contributed by atoms with Gasteiger partial charge in [-0.15, -0.1) is 0 Å². The van der Waals surface area contributed by atoms with E-state index in [9.17, 15) is 18.4 Å². The molecule has 0 aliphatic rings. The van der Waals surface area contributed by atoms with Crippen LogP contribution in [0.3, 0.4) is 0 Å². The topological polar surface area (TPSA) is 101 Å². The van der Waals surface area contributed by atoms with Crippen LogP contribution in [0.15, 0.2) is 41.1 Å². The van der Waals surface area contributed by atoms with Gasteiger partial charge >= 0.3 is 0 Å². The predicted molar refractivity (Wildman–Crippen MR) is 88.6 cm³/mol. The fourth-order valence-electron chi connectivity index (χ4n) is 2.66. The smallest absolute Gasteiger partial charge is 0.274 e. The summed E-state index contributed by atoms with van der Waals surface area (Å²) in [5.41, 5.74) is 1.57. The first-order chi connectivity index (χ1) is 11.1. The summed E-state index contributed by atoms with van der Waals surface area (Å²) in [4.78, 5) is 12.9. The standard InChI is InChI=1S/C16H20N2O5S/c1-11-7-5-6-8-13(11)12(2)16(3,24(4,21)22)15(19)18(20)14-9-10-23-17-14/h5-10,12,20H,1-4H3. The van der Waals surface area contributed by atoms with E-state index in [2.05, 4.69) is 9.68 Å². The maximum atomic E-state index is 12.9. The fraction of sp³-hybridized carbons (Fsp3) is 0.375. The molecule has 0 aliphatic carbocycles. The monoisotopic (exact) mass is 352 g/mol. The van der Waals surface area contributed by atoms with Gasteiger partial charge in [0.05, 0.1) is 0 Å². The molecule has 0 spiro atoms. The Labute approximate surface area is 140 Å². The van der Waals surface area contributed by atoms with Crippen molar-refractivity contribution in [2.45, 2.75) is 31.4 Å². The number of hydroxylamine groups is 1. The van der Waals surface area contributed by atoms with Crippen LogP contribution in [0.5, 0.6) is 0 Å². The third-order valence-electron chi connectivity index (χ3n) is 4.51. The number of hydrogen-bond acceptors (Lipinski definition) is 6. The summed E-state index contributed by atoms with van der Waals surface area (Å²) < 4.78 is 27.7. The normalized spacial score (nSPS) is 15.5. The van der Waals surface area contributed by atoms with Crippen molar-refractivity contribution in [3.63, 3.8) is 0 Å². The third-order valence-corrected chi connectivity index (χ3v) is 6.58. The zero-order valence-corrected chi connectivity index (χ0v) is 14.7. The Balaban J connectivity index is 2.55. The molecular formula is C16H20N2O5S. The highest BCUT2D eigenvalue weighted by atomic mass is 32.2. The Morgan fingerprint density at radius 1 is 1.33 bits per heavy atom. The molecule has 130 valence electrons. The Hall–Kier alpha value is -2.19. The van der Waals surface area contributed by atoms with E-state index >= 15 is 0 Å². The van der Waals surface area contributed by atoms with E-state index in [4.69, 9.17) is 0 Å². The first-order valence-electron chi connectivity index (χ1n) is 7.29. The second kappa shape index (κ2) is 6.37. The molecule has 2 unspecified atom stereocenters. The van der Waals surface area contributed by atoms with Crippen molar-refractivity contribution in [2.24, 2.45) is 0 Å². The van der Waals surface area contributed by atoms with Crippen LogP contribution in [-0.2, 0) is 14.6 Å². The lowest BCUT2D eigenvalue weighted by atomic mass is 9.85. The molecule has 0 saturated carbocycles. The molecule has 8 heteroatoms. The van der Waals surface area contributed by atoms with Gasteiger partial charge in [-0.2, -0.15) is 5.06 Å². The number of anilines is 1. The van der Waals surface area contributed by atoms with E-state index in [-0.39, 0.29) is 10.9 Å². The van der Waals surface area contributed by atoms with Gasteiger partial charge in [-0.25, -0.2) is 8.42 Å². The molecule has 1 aromatic heterocycles. The minimum atomic E-state index is -3.87. The third kappa shape index (κ3) is 2.94. The van der Waals surface area contributed by atoms with Crippen LogP contribution in [-0.4, -0.2) is 35.7 Å². The lowest BCUT2D eigenvalue weighted by molar-refractivity contribution is -0.126. The highest BCUT2D eigenvalue weighted by molar-refractivity contribution is 7.93. The van der Waals surface area contributed by atoms with Gasteiger partial charge in [-0.1, -0.05) is 36.3 Å². The number of sulfone groups is 1. The van der Waals surface area contributed by atoms with Gasteiger partial charge in [-0.3, -0.25) is 10.0 Å². The summed E-state index contributed by atoms with van der Waals surface area (Å²) in [5.74, 6) is -1.86. The van der Waals surface area contributed by atoms with Gasteiger partial charge < -0.3 is 4.52 Å². The molecule has 1 heterocycles. The lowest BCUT2D eigenvalue weighted by Gasteiger charge is -2.34. The summed E-state index contributed by atoms with van der Waals surface area (Å²) >= 11 is 0. The number of carbonyl (C=O) groups excluding carboxylic acids is 1. The number of rotatable bonds is 5. The van der Waals surface area contributed by atoms with Gasteiger partial charge in [-0.05, 0) is 25.0 Å². The van der Waals surface area contributed by atoms with Crippen LogP contribution in [0.4, 0.5) is 5.82 Å². The van der Waals surface area contributed by atoms with Crippen molar-refractivity contribution in [1.82, 2.24) is 5.16 Å². The summed E-state index contributed by atoms with van der Waals surface area (Å²) in [6.07, 6.45) is 2.16.